The molecule has 1 aromatic rings. The van der Waals surface area contributed by atoms with Gasteiger partial charge in [0.2, 0.25) is 0 Å². The molecular weight excluding hydrogens is 249 g/mol. The second kappa shape index (κ2) is 5.74. The maximum Gasteiger partial charge on any atom is 0.410 e. The molecule has 0 bridgehead atoms. The number of rotatable bonds is 1. The first kappa shape index (κ1) is 14.7. The van der Waals surface area contributed by atoms with Gasteiger partial charge in [0.05, 0.1) is 0 Å². The summed E-state index contributed by atoms with van der Waals surface area (Å²) in [4.78, 5) is 13.7. The van der Waals surface area contributed by atoms with E-state index >= 15 is 0 Å². The number of ether oxygens (including phenoxy) is 1. The second-order valence-electron chi connectivity index (χ2n) is 6.03. The molecule has 4 heteroatoms. The van der Waals surface area contributed by atoms with Gasteiger partial charge in [-0.15, -0.1) is 0 Å². The molecule has 2 radical (unpaired) electrons. The van der Waals surface area contributed by atoms with Gasteiger partial charge in [0.1, 0.15) is 13.4 Å². The van der Waals surface area contributed by atoms with Crippen molar-refractivity contribution in [2.75, 3.05) is 13.1 Å². The molecule has 104 valence electrons. The highest BCUT2D eigenvalue weighted by Gasteiger charge is 2.23. The normalized spacial score (nSPS) is 15.8. The van der Waals surface area contributed by atoms with Crippen molar-refractivity contribution in [1.82, 2.24) is 4.90 Å². The van der Waals surface area contributed by atoms with Gasteiger partial charge in [-0.25, -0.2) is 4.79 Å². The van der Waals surface area contributed by atoms with E-state index in [0.29, 0.717) is 13.1 Å². The van der Waals surface area contributed by atoms with Crippen molar-refractivity contribution >= 4 is 25.0 Å². The standard InChI is InChI=1S/C16H20BNO2/c1-16(2,3)20-15(19)18-9-7-12(8-10-18)13-5-4-6-14(17)11-13/h4-7,11H,8-10H2,1-3H3. The van der Waals surface area contributed by atoms with E-state index in [1.165, 1.54) is 5.57 Å². The number of hydrogen-bond donors (Lipinski definition) is 0. The summed E-state index contributed by atoms with van der Waals surface area (Å²) in [6, 6.07) is 7.84. The first-order valence-corrected chi connectivity index (χ1v) is 6.88. The van der Waals surface area contributed by atoms with Crippen molar-refractivity contribution in [3.8, 4) is 0 Å². The van der Waals surface area contributed by atoms with Gasteiger partial charge in [0.15, 0.2) is 0 Å². The van der Waals surface area contributed by atoms with Crippen LogP contribution in [0.4, 0.5) is 4.79 Å². The van der Waals surface area contributed by atoms with Crippen LogP contribution >= 0.6 is 0 Å². The Balaban J connectivity index is 2.02. The predicted molar refractivity (Wildman–Crippen MR) is 82.2 cm³/mol. The van der Waals surface area contributed by atoms with E-state index in [4.69, 9.17) is 12.6 Å². The van der Waals surface area contributed by atoms with Crippen molar-refractivity contribution in [3.63, 3.8) is 0 Å². The zero-order valence-electron chi connectivity index (χ0n) is 12.3. The fraction of sp³-hybridized carbons (Fsp3) is 0.438. The molecule has 0 atom stereocenters. The molecule has 1 amide bonds. The quantitative estimate of drug-likeness (QED) is 0.733. The van der Waals surface area contributed by atoms with Gasteiger partial charge in [-0.2, -0.15) is 0 Å². The predicted octanol–water partition coefficient (Wildman–Crippen LogP) is 2.50. The second-order valence-corrected chi connectivity index (χ2v) is 6.03. The van der Waals surface area contributed by atoms with Crippen LogP contribution in [0.25, 0.3) is 5.57 Å². The molecule has 0 fully saturated rings. The Morgan fingerprint density at radius 1 is 1.35 bits per heavy atom. The van der Waals surface area contributed by atoms with Crippen LogP contribution in [0.1, 0.15) is 32.8 Å². The van der Waals surface area contributed by atoms with Gasteiger partial charge >= 0.3 is 6.09 Å². The van der Waals surface area contributed by atoms with Crippen molar-refractivity contribution in [2.24, 2.45) is 0 Å². The number of nitrogens with zero attached hydrogens (tertiary/aromatic N) is 1. The lowest BCUT2D eigenvalue weighted by molar-refractivity contribution is 0.0270. The number of benzene rings is 1. The molecule has 0 saturated carbocycles. The Hall–Kier alpha value is -1.71. The SMILES string of the molecule is [B]c1cccc(C2=CCN(C(=O)OC(C)(C)C)CC2)c1. The molecule has 2 rings (SSSR count). The topological polar surface area (TPSA) is 29.5 Å². The molecule has 1 heterocycles. The van der Waals surface area contributed by atoms with Crippen LogP contribution in [-0.4, -0.2) is 37.5 Å². The number of amides is 1. The Kier molecular flexibility index (Phi) is 4.22. The Morgan fingerprint density at radius 3 is 2.65 bits per heavy atom. The Morgan fingerprint density at radius 2 is 2.10 bits per heavy atom. The molecule has 1 aliphatic heterocycles. The lowest BCUT2D eigenvalue weighted by Crippen LogP contribution is -2.39. The fourth-order valence-corrected chi connectivity index (χ4v) is 2.16. The van der Waals surface area contributed by atoms with Crippen LogP contribution in [-0.2, 0) is 4.74 Å². The summed E-state index contributed by atoms with van der Waals surface area (Å²) in [5, 5.41) is 0. The van der Waals surface area contributed by atoms with Gasteiger partial charge in [-0.1, -0.05) is 35.8 Å². The van der Waals surface area contributed by atoms with Crippen LogP contribution in [0.3, 0.4) is 0 Å². The largest absolute Gasteiger partial charge is 0.444 e. The molecule has 0 unspecified atom stereocenters. The zero-order valence-corrected chi connectivity index (χ0v) is 12.3. The summed E-state index contributed by atoms with van der Waals surface area (Å²) in [7, 11) is 5.80. The number of carbonyl (C=O) groups is 1. The third kappa shape index (κ3) is 3.89. The van der Waals surface area contributed by atoms with Crippen molar-refractivity contribution in [3.05, 3.63) is 35.9 Å². The van der Waals surface area contributed by atoms with Gasteiger partial charge in [0, 0.05) is 13.1 Å². The lowest BCUT2D eigenvalue weighted by atomic mass is 9.90. The first-order valence-electron chi connectivity index (χ1n) is 6.88. The average molecular weight is 269 g/mol. The fourth-order valence-electron chi connectivity index (χ4n) is 2.16. The third-order valence-electron chi connectivity index (χ3n) is 3.12. The summed E-state index contributed by atoms with van der Waals surface area (Å²) in [6.45, 7) is 6.89. The molecule has 0 spiro atoms. The smallest absolute Gasteiger partial charge is 0.410 e. The minimum absolute atomic E-state index is 0.250. The third-order valence-corrected chi connectivity index (χ3v) is 3.12. The molecule has 20 heavy (non-hydrogen) atoms. The monoisotopic (exact) mass is 269 g/mol. The average Bonchev–Trinajstić information content (AvgIpc) is 2.37. The minimum atomic E-state index is -0.449. The van der Waals surface area contributed by atoms with E-state index in [1.54, 1.807) is 4.90 Å². The summed E-state index contributed by atoms with van der Waals surface area (Å²) in [5.74, 6) is 0. The van der Waals surface area contributed by atoms with Crippen molar-refractivity contribution in [1.29, 1.82) is 0 Å². The molecule has 1 aliphatic rings. The van der Waals surface area contributed by atoms with E-state index < -0.39 is 5.60 Å². The van der Waals surface area contributed by atoms with Crippen LogP contribution in [0.15, 0.2) is 30.3 Å². The maximum atomic E-state index is 12.0. The van der Waals surface area contributed by atoms with Gasteiger partial charge in [0.25, 0.3) is 0 Å². The van der Waals surface area contributed by atoms with E-state index in [2.05, 4.69) is 6.08 Å². The van der Waals surface area contributed by atoms with Crippen LogP contribution in [0.5, 0.6) is 0 Å². The summed E-state index contributed by atoms with van der Waals surface area (Å²) < 4.78 is 5.37. The summed E-state index contributed by atoms with van der Waals surface area (Å²) in [5.41, 5.74) is 2.68. The number of carbonyl (C=O) groups excluding carboxylic acids is 1. The molecule has 0 N–H and O–H groups in total. The lowest BCUT2D eigenvalue weighted by Gasteiger charge is -2.29. The van der Waals surface area contributed by atoms with E-state index in [1.807, 2.05) is 45.0 Å². The Labute approximate surface area is 122 Å². The summed E-state index contributed by atoms with van der Waals surface area (Å²) in [6.07, 6.45) is 2.64. The van der Waals surface area contributed by atoms with Gasteiger partial charge in [-0.3, -0.25) is 0 Å². The highest BCUT2D eigenvalue weighted by molar-refractivity contribution is 6.32. The van der Waals surface area contributed by atoms with Crippen LogP contribution in [0.2, 0.25) is 0 Å². The first-order chi connectivity index (χ1) is 9.35. The van der Waals surface area contributed by atoms with Crippen molar-refractivity contribution < 1.29 is 9.53 Å². The Bertz CT molecular complexity index is 532. The minimum Gasteiger partial charge on any atom is -0.444 e. The molecular formula is C16H20BNO2. The van der Waals surface area contributed by atoms with Crippen molar-refractivity contribution in [2.45, 2.75) is 32.8 Å². The highest BCUT2D eigenvalue weighted by Crippen LogP contribution is 2.22. The van der Waals surface area contributed by atoms with Gasteiger partial charge < -0.3 is 9.64 Å². The molecule has 3 nitrogen and oxygen atoms in total. The highest BCUT2D eigenvalue weighted by atomic mass is 16.6. The number of hydrogen-bond acceptors (Lipinski definition) is 2. The molecule has 0 aromatic heterocycles. The van der Waals surface area contributed by atoms with Crippen LogP contribution < -0.4 is 5.46 Å². The molecule has 1 aromatic carbocycles. The van der Waals surface area contributed by atoms with E-state index in [-0.39, 0.29) is 6.09 Å². The summed E-state index contributed by atoms with van der Waals surface area (Å²) >= 11 is 0. The molecule has 0 aliphatic carbocycles. The van der Waals surface area contributed by atoms with E-state index in [0.717, 1.165) is 17.4 Å². The maximum absolute atomic E-state index is 12.0. The van der Waals surface area contributed by atoms with E-state index in [9.17, 15) is 4.79 Å². The van der Waals surface area contributed by atoms with Crippen LogP contribution in [0, 0.1) is 0 Å². The van der Waals surface area contributed by atoms with Gasteiger partial charge in [-0.05, 0) is 38.3 Å². The zero-order chi connectivity index (χ0) is 14.8. The molecule has 0 saturated heterocycles.